The third-order valence-electron chi connectivity index (χ3n) is 3.29. The molecule has 0 bridgehead atoms. The van der Waals surface area contributed by atoms with Crippen LogP contribution in [0, 0.1) is 6.92 Å². The van der Waals surface area contributed by atoms with Crippen LogP contribution in [0.2, 0.25) is 0 Å². The van der Waals surface area contributed by atoms with Gasteiger partial charge < -0.3 is 15.1 Å². The van der Waals surface area contributed by atoms with Gasteiger partial charge in [-0.1, -0.05) is 18.7 Å². The molecule has 1 amide bonds. The Labute approximate surface area is 112 Å². The molecule has 0 radical (unpaired) electrons. The summed E-state index contributed by atoms with van der Waals surface area (Å²) < 4.78 is 5.82. The zero-order valence-corrected chi connectivity index (χ0v) is 11.3. The molecule has 0 unspecified atom stereocenters. The Morgan fingerprint density at radius 3 is 2.89 bits per heavy atom. The molecule has 1 aromatic heterocycles. The van der Waals surface area contributed by atoms with E-state index in [0.29, 0.717) is 13.1 Å². The lowest BCUT2D eigenvalue weighted by atomic mass is 10.1. The molecule has 2 aromatic rings. The topological polar surface area (TPSA) is 59.5 Å². The number of hydrogen-bond donors (Lipinski definition) is 1. The predicted molar refractivity (Wildman–Crippen MR) is 75.5 cm³/mol. The van der Waals surface area contributed by atoms with Crippen LogP contribution < -0.4 is 5.73 Å². The van der Waals surface area contributed by atoms with E-state index in [-0.39, 0.29) is 5.91 Å². The van der Waals surface area contributed by atoms with Crippen molar-refractivity contribution in [3.63, 3.8) is 0 Å². The maximum Gasteiger partial charge on any atom is 0.246 e. The van der Waals surface area contributed by atoms with Crippen molar-refractivity contribution in [2.24, 2.45) is 5.73 Å². The first-order valence-corrected chi connectivity index (χ1v) is 6.16. The maximum atomic E-state index is 11.5. The highest BCUT2D eigenvalue weighted by Gasteiger charge is 2.15. The minimum atomic E-state index is -0.126. The SMILES string of the molecule is C=CC(=O)N(C)Cc1oc2cccc(CN)c2c1C. The van der Waals surface area contributed by atoms with Crippen LogP contribution in [0.5, 0.6) is 0 Å². The zero-order valence-electron chi connectivity index (χ0n) is 11.3. The lowest BCUT2D eigenvalue weighted by molar-refractivity contribution is -0.125. The summed E-state index contributed by atoms with van der Waals surface area (Å²) >= 11 is 0. The Hall–Kier alpha value is -2.07. The highest BCUT2D eigenvalue weighted by atomic mass is 16.3. The number of rotatable bonds is 4. The van der Waals surface area contributed by atoms with Gasteiger partial charge in [0.05, 0.1) is 6.54 Å². The van der Waals surface area contributed by atoms with Crippen LogP contribution >= 0.6 is 0 Å². The first-order chi connectivity index (χ1) is 9.08. The van der Waals surface area contributed by atoms with E-state index in [1.807, 2.05) is 25.1 Å². The maximum absolute atomic E-state index is 11.5. The summed E-state index contributed by atoms with van der Waals surface area (Å²) in [6.45, 7) is 6.37. The van der Waals surface area contributed by atoms with Gasteiger partial charge in [0.1, 0.15) is 11.3 Å². The van der Waals surface area contributed by atoms with E-state index in [1.165, 1.54) is 6.08 Å². The van der Waals surface area contributed by atoms with Crippen molar-refractivity contribution in [1.29, 1.82) is 0 Å². The monoisotopic (exact) mass is 258 g/mol. The molecule has 4 heteroatoms. The van der Waals surface area contributed by atoms with E-state index in [2.05, 4.69) is 6.58 Å². The number of furan rings is 1. The Kier molecular flexibility index (Phi) is 3.71. The van der Waals surface area contributed by atoms with Gasteiger partial charge in [0.15, 0.2) is 0 Å². The molecule has 0 saturated carbocycles. The van der Waals surface area contributed by atoms with Crippen LogP contribution in [-0.2, 0) is 17.9 Å². The molecule has 0 aliphatic heterocycles. The average molecular weight is 258 g/mol. The lowest BCUT2D eigenvalue weighted by Gasteiger charge is -2.13. The zero-order chi connectivity index (χ0) is 14.0. The van der Waals surface area contributed by atoms with Gasteiger partial charge in [-0.2, -0.15) is 0 Å². The van der Waals surface area contributed by atoms with Crippen molar-refractivity contribution in [1.82, 2.24) is 4.90 Å². The third-order valence-corrected chi connectivity index (χ3v) is 3.29. The standard InChI is InChI=1S/C15H18N2O2/c1-4-14(18)17(3)9-13-10(2)15-11(8-16)6-5-7-12(15)19-13/h4-7H,1,8-9,16H2,2-3H3. The summed E-state index contributed by atoms with van der Waals surface area (Å²) in [6, 6.07) is 5.84. The van der Waals surface area contributed by atoms with Crippen LogP contribution in [0.3, 0.4) is 0 Å². The fourth-order valence-corrected chi connectivity index (χ4v) is 2.21. The van der Waals surface area contributed by atoms with Gasteiger partial charge in [0.25, 0.3) is 0 Å². The van der Waals surface area contributed by atoms with Gasteiger partial charge >= 0.3 is 0 Å². The van der Waals surface area contributed by atoms with E-state index in [1.54, 1.807) is 11.9 Å². The average Bonchev–Trinajstić information content (AvgIpc) is 2.74. The molecule has 0 fully saturated rings. The van der Waals surface area contributed by atoms with Gasteiger partial charge in [-0.05, 0) is 24.6 Å². The molecule has 0 aliphatic carbocycles. The molecule has 0 spiro atoms. The quantitative estimate of drug-likeness (QED) is 0.856. The fourth-order valence-electron chi connectivity index (χ4n) is 2.21. The van der Waals surface area contributed by atoms with Crippen molar-refractivity contribution in [3.05, 3.63) is 47.7 Å². The number of nitrogens with two attached hydrogens (primary N) is 1. The minimum absolute atomic E-state index is 0.126. The Morgan fingerprint density at radius 1 is 1.53 bits per heavy atom. The number of amides is 1. The second-order valence-corrected chi connectivity index (χ2v) is 4.54. The first-order valence-electron chi connectivity index (χ1n) is 6.16. The largest absolute Gasteiger partial charge is 0.459 e. The Balaban J connectivity index is 2.43. The van der Waals surface area contributed by atoms with Crippen LogP contribution in [0.15, 0.2) is 35.3 Å². The second kappa shape index (κ2) is 5.28. The molecule has 1 heterocycles. The summed E-state index contributed by atoms with van der Waals surface area (Å²) in [5.41, 5.74) is 8.66. The smallest absolute Gasteiger partial charge is 0.246 e. The molecule has 1 aromatic carbocycles. The number of hydrogen-bond acceptors (Lipinski definition) is 3. The Bertz CT molecular complexity index is 628. The molecule has 2 rings (SSSR count). The normalized spacial score (nSPS) is 10.7. The van der Waals surface area contributed by atoms with E-state index < -0.39 is 0 Å². The molecule has 19 heavy (non-hydrogen) atoms. The number of aryl methyl sites for hydroxylation is 1. The van der Waals surface area contributed by atoms with Gasteiger partial charge in [-0.15, -0.1) is 0 Å². The van der Waals surface area contributed by atoms with Crippen LogP contribution in [0.4, 0.5) is 0 Å². The summed E-state index contributed by atoms with van der Waals surface area (Å²) in [6.07, 6.45) is 1.29. The van der Waals surface area contributed by atoms with Crippen molar-refractivity contribution >= 4 is 16.9 Å². The van der Waals surface area contributed by atoms with Crippen molar-refractivity contribution in [3.8, 4) is 0 Å². The van der Waals surface area contributed by atoms with E-state index in [4.69, 9.17) is 10.2 Å². The fraction of sp³-hybridized carbons (Fsp3) is 0.267. The highest BCUT2D eigenvalue weighted by Crippen LogP contribution is 2.28. The van der Waals surface area contributed by atoms with Gasteiger partial charge in [-0.25, -0.2) is 0 Å². The van der Waals surface area contributed by atoms with Crippen LogP contribution in [0.25, 0.3) is 11.0 Å². The van der Waals surface area contributed by atoms with Crippen LogP contribution in [0.1, 0.15) is 16.9 Å². The summed E-state index contributed by atoms with van der Waals surface area (Å²) in [5.74, 6) is 0.660. The van der Waals surface area contributed by atoms with Gasteiger partial charge in [-0.3, -0.25) is 4.79 Å². The van der Waals surface area contributed by atoms with Crippen molar-refractivity contribution < 1.29 is 9.21 Å². The van der Waals surface area contributed by atoms with E-state index in [9.17, 15) is 4.79 Å². The molecule has 0 atom stereocenters. The first kappa shape index (κ1) is 13.4. The summed E-state index contributed by atoms with van der Waals surface area (Å²) in [5, 5.41) is 1.06. The molecule has 4 nitrogen and oxygen atoms in total. The third kappa shape index (κ3) is 2.39. The number of nitrogens with zero attached hydrogens (tertiary/aromatic N) is 1. The van der Waals surface area contributed by atoms with Gasteiger partial charge in [0.2, 0.25) is 5.91 Å². The number of likely N-dealkylation sites (N-methyl/N-ethyl adjacent to an activating group) is 1. The number of carbonyl (C=O) groups excluding carboxylic acids is 1. The number of carbonyl (C=O) groups is 1. The molecule has 100 valence electrons. The molecular formula is C15H18N2O2. The van der Waals surface area contributed by atoms with E-state index in [0.717, 1.165) is 27.9 Å². The molecular weight excluding hydrogens is 240 g/mol. The molecule has 0 saturated heterocycles. The minimum Gasteiger partial charge on any atom is -0.459 e. The highest BCUT2D eigenvalue weighted by molar-refractivity contribution is 5.87. The summed E-state index contributed by atoms with van der Waals surface area (Å²) in [7, 11) is 1.72. The second-order valence-electron chi connectivity index (χ2n) is 4.54. The summed E-state index contributed by atoms with van der Waals surface area (Å²) in [4.78, 5) is 13.1. The Morgan fingerprint density at radius 2 is 2.26 bits per heavy atom. The van der Waals surface area contributed by atoms with Gasteiger partial charge in [0, 0.05) is 24.5 Å². The van der Waals surface area contributed by atoms with Crippen molar-refractivity contribution in [2.75, 3.05) is 7.05 Å². The molecule has 0 aliphatic rings. The number of fused-ring (bicyclic) bond motifs is 1. The van der Waals surface area contributed by atoms with Crippen LogP contribution in [-0.4, -0.2) is 17.9 Å². The lowest BCUT2D eigenvalue weighted by Crippen LogP contribution is -2.23. The molecule has 2 N–H and O–H groups in total. The number of benzene rings is 1. The van der Waals surface area contributed by atoms with E-state index >= 15 is 0 Å². The van der Waals surface area contributed by atoms with Crippen molar-refractivity contribution in [2.45, 2.75) is 20.0 Å². The predicted octanol–water partition coefficient (Wildman–Crippen LogP) is 2.34.